The Morgan fingerprint density at radius 3 is 2.19 bits per heavy atom. The quantitative estimate of drug-likeness (QED) is 0.842. The molecule has 0 aliphatic rings. The van der Waals surface area contributed by atoms with Gasteiger partial charge in [-0.15, -0.1) is 0 Å². The van der Waals surface area contributed by atoms with Crippen molar-refractivity contribution in [1.82, 2.24) is 4.90 Å². The number of hydrogen-bond donors (Lipinski definition) is 1. The van der Waals surface area contributed by atoms with Gasteiger partial charge in [0.15, 0.2) is 0 Å². The van der Waals surface area contributed by atoms with Gasteiger partial charge < -0.3 is 5.11 Å². The van der Waals surface area contributed by atoms with Crippen LogP contribution in [0.3, 0.4) is 0 Å². The van der Waals surface area contributed by atoms with Crippen molar-refractivity contribution in [2.24, 2.45) is 0 Å². The first kappa shape index (κ1) is 15.3. The van der Waals surface area contributed by atoms with Crippen LogP contribution in [-0.4, -0.2) is 22.5 Å². The molecule has 0 spiro atoms. The van der Waals surface area contributed by atoms with Crippen molar-refractivity contribution < 1.29 is 9.90 Å². The van der Waals surface area contributed by atoms with Gasteiger partial charge in [-0.3, -0.25) is 9.69 Å². The van der Waals surface area contributed by atoms with Crippen LogP contribution in [0.4, 0.5) is 0 Å². The number of carbonyl (C=O) groups is 1. The van der Waals surface area contributed by atoms with Crippen molar-refractivity contribution in [3.05, 3.63) is 71.8 Å². The lowest BCUT2D eigenvalue weighted by Gasteiger charge is -2.29. The van der Waals surface area contributed by atoms with E-state index in [1.807, 2.05) is 36.4 Å². The number of hydrogen-bond acceptors (Lipinski definition) is 2. The van der Waals surface area contributed by atoms with Crippen LogP contribution < -0.4 is 0 Å². The predicted octanol–water partition coefficient (Wildman–Crippen LogP) is 3.72. The fourth-order valence-electron chi connectivity index (χ4n) is 2.41. The van der Waals surface area contributed by atoms with E-state index in [9.17, 15) is 4.79 Å². The molecule has 0 radical (unpaired) electrons. The van der Waals surface area contributed by atoms with E-state index in [-0.39, 0.29) is 12.5 Å². The molecule has 0 aromatic heterocycles. The molecule has 110 valence electrons. The molecule has 21 heavy (non-hydrogen) atoms. The summed E-state index contributed by atoms with van der Waals surface area (Å²) >= 11 is 0. The van der Waals surface area contributed by atoms with E-state index in [2.05, 4.69) is 36.1 Å². The summed E-state index contributed by atoms with van der Waals surface area (Å²) in [6.07, 6.45) is 0.157. The van der Waals surface area contributed by atoms with Gasteiger partial charge in [0.05, 0.1) is 6.42 Å². The molecule has 1 atom stereocenters. The van der Waals surface area contributed by atoms with Crippen molar-refractivity contribution >= 4 is 5.97 Å². The normalized spacial score (nSPS) is 12.3. The highest BCUT2D eigenvalue weighted by Gasteiger charge is 2.16. The van der Waals surface area contributed by atoms with Crippen LogP contribution in [0.2, 0.25) is 0 Å². The molecule has 0 aliphatic carbocycles. The standard InChI is InChI=1S/C18H21NO2/c1-15(17-10-6-3-7-11-17)19(13-12-18(20)21)14-16-8-4-2-5-9-16/h2-11,15H,12-14H2,1H3,(H,20,21). The molecule has 2 rings (SSSR count). The van der Waals surface area contributed by atoms with Gasteiger partial charge in [0.1, 0.15) is 0 Å². The van der Waals surface area contributed by atoms with E-state index in [0.29, 0.717) is 6.54 Å². The van der Waals surface area contributed by atoms with E-state index in [1.165, 1.54) is 11.1 Å². The Morgan fingerprint density at radius 1 is 1.05 bits per heavy atom. The highest BCUT2D eigenvalue weighted by atomic mass is 16.4. The van der Waals surface area contributed by atoms with Crippen molar-refractivity contribution in [3.8, 4) is 0 Å². The van der Waals surface area contributed by atoms with Gasteiger partial charge in [0.25, 0.3) is 0 Å². The van der Waals surface area contributed by atoms with Crippen LogP contribution in [0, 0.1) is 0 Å². The summed E-state index contributed by atoms with van der Waals surface area (Å²) in [7, 11) is 0. The topological polar surface area (TPSA) is 40.5 Å². The highest BCUT2D eigenvalue weighted by Crippen LogP contribution is 2.22. The van der Waals surface area contributed by atoms with Crippen LogP contribution >= 0.6 is 0 Å². The molecular formula is C18H21NO2. The van der Waals surface area contributed by atoms with Crippen LogP contribution in [0.15, 0.2) is 60.7 Å². The predicted molar refractivity (Wildman–Crippen MR) is 84.0 cm³/mol. The van der Waals surface area contributed by atoms with Crippen molar-refractivity contribution in [1.29, 1.82) is 0 Å². The molecule has 1 N–H and O–H groups in total. The Balaban J connectivity index is 2.13. The molecule has 2 aromatic carbocycles. The first-order valence-electron chi connectivity index (χ1n) is 7.21. The van der Waals surface area contributed by atoms with Crippen LogP contribution in [0.25, 0.3) is 0 Å². The molecule has 2 aromatic rings. The second kappa shape index (κ2) is 7.60. The monoisotopic (exact) mass is 283 g/mol. The van der Waals surface area contributed by atoms with E-state index < -0.39 is 5.97 Å². The number of benzene rings is 2. The fourth-order valence-corrected chi connectivity index (χ4v) is 2.41. The summed E-state index contributed by atoms with van der Waals surface area (Å²) in [5.74, 6) is -0.756. The van der Waals surface area contributed by atoms with Gasteiger partial charge in [-0.1, -0.05) is 60.7 Å². The molecule has 0 heterocycles. The average molecular weight is 283 g/mol. The zero-order valence-corrected chi connectivity index (χ0v) is 12.3. The highest BCUT2D eigenvalue weighted by molar-refractivity contribution is 5.66. The molecule has 0 fully saturated rings. The molecule has 3 heteroatoms. The van der Waals surface area contributed by atoms with Crippen LogP contribution in [0.5, 0.6) is 0 Å². The van der Waals surface area contributed by atoms with Gasteiger partial charge in [-0.25, -0.2) is 0 Å². The summed E-state index contributed by atoms with van der Waals surface area (Å²) in [5, 5.41) is 8.95. The zero-order valence-electron chi connectivity index (χ0n) is 12.3. The Labute approximate surface area is 125 Å². The molecule has 0 aliphatic heterocycles. The lowest BCUT2D eigenvalue weighted by molar-refractivity contribution is -0.137. The van der Waals surface area contributed by atoms with Crippen molar-refractivity contribution in [2.45, 2.75) is 25.9 Å². The summed E-state index contributed by atoms with van der Waals surface area (Å²) < 4.78 is 0. The summed E-state index contributed by atoms with van der Waals surface area (Å²) in [6.45, 7) is 3.42. The minimum absolute atomic E-state index is 0.157. The second-order valence-electron chi connectivity index (χ2n) is 5.19. The SMILES string of the molecule is CC(c1ccccc1)N(CCC(=O)O)Cc1ccccc1. The zero-order chi connectivity index (χ0) is 15.1. The average Bonchev–Trinajstić information content (AvgIpc) is 2.52. The Bertz CT molecular complexity index is 554. The third-order valence-corrected chi connectivity index (χ3v) is 3.67. The van der Waals surface area contributed by atoms with Gasteiger partial charge in [0, 0.05) is 19.1 Å². The van der Waals surface area contributed by atoms with Crippen molar-refractivity contribution in [3.63, 3.8) is 0 Å². The fraction of sp³-hybridized carbons (Fsp3) is 0.278. The van der Waals surface area contributed by atoms with Crippen molar-refractivity contribution in [2.75, 3.05) is 6.54 Å². The molecule has 1 unspecified atom stereocenters. The number of carboxylic acid groups (broad SMARTS) is 1. The lowest BCUT2D eigenvalue weighted by Crippen LogP contribution is -2.29. The third kappa shape index (κ3) is 4.72. The maximum absolute atomic E-state index is 10.9. The molecule has 0 saturated heterocycles. The van der Waals surface area contributed by atoms with Crippen LogP contribution in [0.1, 0.15) is 30.5 Å². The molecule has 0 bridgehead atoms. The van der Waals surface area contributed by atoms with Gasteiger partial charge >= 0.3 is 5.97 Å². The minimum Gasteiger partial charge on any atom is -0.481 e. The Kier molecular flexibility index (Phi) is 5.52. The first-order chi connectivity index (χ1) is 10.2. The first-order valence-corrected chi connectivity index (χ1v) is 7.21. The van der Waals surface area contributed by atoms with E-state index in [1.54, 1.807) is 0 Å². The van der Waals surface area contributed by atoms with Gasteiger partial charge in [0.2, 0.25) is 0 Å². The van der Waals surface area contributed by atoms with Gasteiger partial charge in [-0.05, 0) is 18.1 Å². The van der Waals surface area contributed by atoms with Crippen LogP contribution in [-0.2, 0) is 11.3 Å². The van der Waals surface area contributed by atoms with E-state index >= 15 is 0 Å². The maximum Gasteiger partial charge on any atom is 0.304 e. The number of carboxylic acids is 1. The summed E-state index contributed by atoms with van der Waals surface area (Å²) in [6, 6.07) is 20.6. The minimum atomic E-state index is -0.756. The third-order valence-electron chi connectivity index (χ3n) is 3.67. The summed E-state index contributed by atoms with van der Waals surface area (Å²) in [5.41, 5.74) is 2.41. The summed E-state index contributed by atoms with van der Waals surface area (Å²) in [4.78, 5) is 13.1. The molecule has 0 saturated carbocycles. The smallest absolute Gasteiger partial charge is 0.304 e. The lowest BCUT2D eigenvalue weighted by atomic mass is 10.1. The van der Waals surface area contributed by atoms with E-state index in [4.69, 9.17) is 5.11 Å². The van der Waals surface area contributed by atoms with Gasteiger partial charge in [-0.2, -0.15) is 0 Å². The molecular weight excluding hydrogens is 262 g/mol. The number of aliphatic carboxylic acids is 1. The Morgan fingerprint density at radius 2 is 1.62 bits per heavy atom. The number of rotatable bonds is 7. The van der Waals surface area contributed by atoms with E-state index in [0.717, 1.165) is 6.54 Å². The largest absolute Gasteiger partial charge is 0.481 e. The molecule has 3 nitrogen and oxygen atoms in total. The maximum atomic E-state index is 10.9. The Hall–Kier alpha value is -2.13. The second-order valence-corrected chi connectivity index (χ2v) is 5.19. The molecule has 0 amide bonds. The number of nitrogens with zero attached hydrogens (tertiary/aromatic N) is 1.